The predicted molar refractivity (Wildman–Crippen MR) is 55.2 cm³/mol. The first-order valence-electron chi connectivity index (χ1n) is 4.61. The molecule has 0 bridgehead atoms. The quantitative estimate of drug-likeness (QED) is 0.586. The molecule has 13 heavy (non-hydrogen) atoms. The van der Waals surface area contributed by atoms with Gasteiger partial charge in [-0.3, -0.25) is 0 Å². The molecule has 4 nitrogen and oxygen atoms in total. The molecule has 0 amide bonds. The van der Waals surface area contributed by atoms with Crippen LogP contribution in [0, 0.1) is 5.92 Å². The van der Waals surface area contributed by atoms with Crippen molar-refractivity contribution in [2.75, 3.05) is 25.9 Å². The Balaban J connectivity index is 3.27. The average molecular weight is 208 g/mol. The Bertz CT molecular complexity index is 214. The Kier molecular flexibility index (Phi) is 6.28. The summed E-state index contributed by atoms with van der Waals surface area (Å²) in [4.78, 5) is 0. The number of hydrogen-bond acceptors (Lipinski definition) is 3. The van der Waals surface area contributed by atoms with Gasteiger partial charge < -0.3 is 5.32 Å². The largest absolute Gasteiger partial charge is 0.315 e. The summed E-state index contributed by atoms with van der Waals surface area (Å²) in [6.45, 7) is 6.41. The van der Waals surface area contributed by atoms with Gasteiger partial charge in [0, 0.05) is 13.1 Å². The van der Waals surface area contributed by atoms with Gasteiger partial charge in [0.15, 0.2) is 0 Å². The molecule has 0 aromatic carbocycles. The van der Waals surface area contributed by atoms with E-state index in [9.17, 15) is 8.42 Å². The van der Waals surface area contributed by atoms with E-state index < -0.39 is 10.0 Å². The zero-order valence-electron chi connectivity index (χ0n) is 8.63. The fraction of sp³-hybridized carbons (Fsp3) is 1.00. The maximum Gasteiger partial charge on any atom is 0.208 e. The van der Waals surface area contributed by atoms with Crippen molar-refractivity contribution in [3.8, 4) is 0 Å². The molecule has 0 aliphatic heterocycles. The van der Waals surface area contributed by atoms with Crippen LogP contribution >= 0.6 is 0 Å². The Labute approximate surface area is 81.2 Å². The topological polar surface area (TPSA) is 58.2 Å². The molecule has 0 heterocycles. The third kappa shape index (κ3) is 9.79. The van der Waals surface area contributed by atoms with Gasteiger partial charge in [0.25, 0.3) is 0 Å². The van der Waals surface area contributed by atoms with Crippen LogP contribution in [0.1, 0.15) is 20.3 Å². The fourth-order valence-electron chi connectivity index (χ4n) is 0.818. The van der Waals surface area contributed by atoms with E-state index in [2.05, 4.69) is 23.9 Å². The lowest BCUT2D eigenvalue weighted by atomic mass is 10.1. The summed E-state index contributed by atoms with van der Waals surface area (Å²) in [5, 5.41) is 3.18. The van der Waals surface area contributed by atoms with Gasteiger partial charge in [-0.2, -0.15) is 0 Å². The van der Waals surface area contributed by atoms with Crippen molar-refractivity contribution in [2.45, 2.75) is 20.3 Å². The van der Waals surface area contributed by atoms with E-state index in [-0.39, 0.29) is 0 Å². The van der Waals surface area contributed by atoms with E-state index in [1.807, 2.05) is 0 Å². The van der Waals surface area contributed by atoms with Gasteiger partial charge in [0.05, 0.1) is 6.26 Å². The molecule has 5 heteroatoms. The summed E-state index contributed by atoms with van der Waals surface area (Å²) in [7, 11) is -3.02. The summed E-state index contributed by atoms with van der Waals surface area (Å²) in [5.74, 6) is 0.651. The Morgan fingerprint density at radius 3 is 2.38 bits per heavy atom. The highest BCUT2D eigenvalue weighted by Crippen LogP contribution is 1.96. The van der Waals surface area contributed by atoms with E-state index in [1.165, 1.54) is 6.26 Å². The molecule has 0 aliphatic carbocycles. The van der Waals surface area contributed by atoms with Crippen molar-refractivity contribution < 1.29 is 8.42 Å². The SMILES string of the molecule is CCC(C)CNCCNS(C)(=O)=O. The van der Waals surface area contributed by atoms with E-state index >= 15 is 0 Å². The van der Waals surface area contributed by atoms with Crippen LogP contribution in [0.5, 0.6) is 0 Å². The standard InChI is InChI=1S/C8H20N2O2S/c1-4-8(2)7-9-5-6-10-13(3,11)12/h8-10H,4-7H2,1-3H3. The average Bonchev–Trinajstić information content (AvgIpc) is 2.01. The van der Waals surface area contributed by atoms with E-state index in [1.54, 1.807) is 0 Å². The maximum absolute atomic E-state index is 10.6. The molecule has 0 saturated carbocycles. The number of rotatable bonds is 7. The van der Waals surface area contributed by atoms with Crippen LogP contribution in [0.25, 0.3) is 0 Å². The molecule has 0 aromatic heterocycles. The first kappa shape index (κ1) is 12.9. The van der Waals surface area contributed by atoms with Crippen molar-refractivity contribution in [3.05, 3.63) is 0 Å². The highest BCUT2D eigenvalue weighted by Gasteiger charge is 1.99. The van der Waals surface area contributed by atoms with Gasteiger partial charge in [0.1, 0.15) is 0 Å². The zero-order chi connectivity index (χ0) is 10.3. The minimum Gasteiger partial charge on any atom is -0.315 e. The fourth-order valence-corrected chi connectivity index (χ4v) is 1.29. The van der Waals surface area contributed by atoms with Gasteiger partial charge in [-0.25, -0.2) is 13.1 Å². The second kappa shape index (κ2) is 6.34. The van der Waals surface area contributed by atoms with E-state index in [0.717, 1.165) is 13.0 Å². The van der Waals surface area contributed by atoms with Gasteiger partial charge in [-0.05, 0) is 12.5 Å². The van der Waals surface area contributed by atoms with Gasteiger partial charge in [-0.15, -0.1) is 0 Å². The minimum absolute atomic E-state index is 0.468. The minimum atomic E-state index is -3.02. The van der Waals surface area contributed by atoms with Crippen molar-refractivity contribution in [1.29, 1.82) is 0 Å². The van der Waals surface area contributed by atoms with Crippen LogP contribution in [0.15, 0.2) is 0 Å². The van der Waals surface area contributed by atoms with Crippen LogP contribution in [0.2, 0.25) is 0 Å². The molecule has 0 aliphatic rings. The molecule has 0 rings (SSSR count). The van der Waals surface area contributed by atoms with Crippen LogP contribution in [0.3, 0.4) is 0 Å². The highest BCUT2D eigenvalue weighted by atomic mass is 32.2. The molecule has 1 unspecified atom stereocenters. The molecule has 0 saturated heterocycles. The molecule has 0 fully saturated rings. The maximum atomic E-state index is 10.6. The van der Waals surface area contributed by atoms with E-state index in [4.69, 9.17) is 0 Å². The number of nitrogens with one attached hydrogen (secondary N) is 2. The molecular formula is C8H20N2O2S. The first-order valence-corrected chi connectivity index (χ1v) is 6.50. The summed E-state index contributed by atoms with van der Waals surface area (Å²) in [6.07, 6.45) is 2.31. The molecule has 1 atom stereocenters. The summed E-state index contributed by atoms with van der Waals surface area (Å²) in [5.41, 5.74) is 0. The monoisotopic (exact) mass is 208 g/mol. The number of hydrogen-bond donors (Lipinski definition) is 2. The summed E-state index contributed by atoms with van der Waals surface area (Å²) in [6, 6.07) is 0. The second-order valence-corrected chi connectivity index (χ2v) is 5.22. The molecule has 0 spiro atoms. The molecule has 0 aromatic rings. The van der Waals surface area contributed by atoms with Gasteiger partial charge in [-0.1, -0.05) is 20.3 Å². The lowest BCUT2D eigenvalue weighted by Crippen LogP contribution is -2.32. The first-order chi connectivity index (χ1) is 5.95. The Morgan fingerprint density at radius 2 is 1.92 bits per heavy atom. The summed E-state index contributed by atoms with van der Waals surface area (Å²) >= 11 is 0. The lowest BCUT2D eigenvalue weighted by molar-refractivity contribution is 0.500. The third-order valence-corrected chi connectivity index (χ3v) is 2.58. The zero-order valence-corrected chi connectivity index (χ0v) is 9.45. The van der Waals surface area contributed by atoms with Gasteiger partial charge >= 0.3 is 0 Å². The molecule has 0 radical (unpaired) electrons. The van der Waals surface area contributed by atoms with Crippen molar-refractivity contribution in [1.82, 2.24) is 10.0 Å². The Hall–Kier alpha value is -0.130. The molecule has 2 N–H and O–H groups in total. The van der Waals surface area contributed by atoms with Crippen LogP contribution in [-0.2, 0) is 10.0 Å². The van der Waals surface area contributed by atoms with Crippen LogP contribution in [-0.4, -0.2) is 34.3 Å². The second-order valence-electron chi connectivity index (χ2n) is 3.38. The molecular weight excluding hydrogens is 188 g/mol. The predicted octanol–water partition coefficient (Wildman–Crippen LogP) is 0.171. The third-order valence-electron chi connectivity index (χ3n) is 1.86. The molecule has 80 valence electrons. The summed E-state index contributed by atoms with van der Waals surface area (Å²) < 4.78 is 23.7. The Morgan fingerprint density at radius 1 is 1.31 bits per heavy atom. The van der Waals surface area contributed by atoms with Crippen molar-refractivity contribution in [3.63, 3.8) is 0 Å². The number of sulfonamides is 1. The highest BCUT2D eigenvalue weighted by molar-refractivity contribution is 7.88. The smallest absolute Gasteiger partial charge is 0.208 e. The van der Waals surface area contributed by atoms with Crippen molar-refractivity contribution in [2.24, 2.45) is 5.92 Å². The van der Waals surface area contributed by atoms with Gasteiger partial charge in [0.2, 0.25) is 10.0 Å². The van der Waals surface area contributed by atoms with Crippen molar-refractivity contribution >= 4 is 10.0 Å². The van der Waals surface area contributed by atoms with E-state index in [0.29, 0.717) is 19.0 Å². The lowest BCUT2D eigenvalue weighted by Gasteiger charge is -2.09. The van der Waals surface area contributed by atoms with Crippen LogP contribution in [0.4, 0.5) is 0 Å². The normalized spacial score (nSPS) is 14.4. The van der Waals surface area contributed by atoms with Crippen LogP contribution < -0.4 is 10.0 Å².